The highest BCUT2D eigenvalue weighted by Gasteiger charge is 2.13. The zero-order chi connectivity index (χ0) is 16.1. The van der Waals surface area contributed by atoms with E-state index >= 15 is 0 Å². The summed E-state index contributed by atoms with van der Waals surface area (Å²) in [4.78, 5) is 23.4. The van der Waals surface area contributed by atoms with Crippen LogP contribution in [0.15, 0.2) is 48.5 Å². The molecule has 0 spiro atoms. The zero-order valence-corrected chi connectivity index (χ0v) is 13.0. The standard InChI is InChI=1S/C18H20N2O2/c1-12-5-4-6-17(11-12)19-13(2)18(22)20-16-9-7-15(8-10-16)14(3)21/h4-11,13,19H,1-3H3,(H,20,22)/t13-/m0/s1. The summed E-state index contributed by atoms with van der Waals surface area (Å²) < 4.78 is 0. The van der Waals surface area contributed by atoms with Crippen LogP contribution in [0.5, 0.6) is 0 Å². The summed E-state index contributed by atoms with van der Waals surface area (Å²) in [5.74, 6) is -0.121. The van der Waals surface area contributed by atoms with Crippen molar-refractivity contribution in [2.24, 2.45) is 0 Å². The Hall–Kier alpha value is -2.62. The Morgan fingerprint density at radius 1 is 1.00 bits per heavy atom. The number of benzene rings is 2. The number of anilines is 2. The van der Waals surface area contributed by atoms with Gasteiger partial charge in [-0.1, -0.05) is 12.1 Å². The topological polar surface area (TPSA) is 58.2 Å². The Balaban J connectivity index is 1.97. The van der Waals surface area contributed by atoms with E-state index < -0.39 is 0 Å². The third-order valence-corrected chi connectivity index (χ3v) is 3.35. The van der Waals surface area contributed by atoms with E-state index in [9.17, 15) is 9.59 Å². The van der Waals surface area contributed by atoms with Gasteiger partial charge in [-0.15, -0.1) is 0 Å². The molecule has 4 heteroatoms. The lowest BCUT2D eigenvalue weighted by Gasteiger charge is -2.15. The maximum absolute atomic E-state index is 12.2. The normalized spacial score (nSPS) is 11.6. The number of amides is 1. The molecule has 1 atom stereocenters. The highest BCUT2D eigenvalue weighted by Crippen LogP contribution is 2.13. The van der Waals surface area contributed by atoms with Crippen LogP contribution in [0.25, 0.3) is 0 Å². The summed E-state index contributed by atoms with van der Waals surface area (Å²) in [6.07, 6.45) is 0. The molecule has 0 aromatic heterocycles. The van der Waals surface area contributed by atoms with Crippen molar-refractivity contribution in [2.45, 2.75) is 26.8 Å². The fourth-order valence-corrected chi connectivity index (χ4v) is 2.09. The van der Waals surface area contributed by atoms with Crippen LogP contribution in [0.3, 0.4) is 0 Å². The van der Waals surface area contributed by atoms with E-state index in [2.05, 4.69) is 10.6 Å². The van der Waals surface area contributed by atoms with Crippen LogP contribution in [-0.4, -0.2) is 17.7 Å². The van der Waals surface area contributed by atoms with Crippen molar-refractivity contribution in [3.63, 3.8) is 0 Å². The molecule has 2 aromatic carbocycles. The minimum atomic E-state index is -0.366. The number of carbonyl (C=O) groups excluding carboxylic acids is 2. The number of ketones is 1. The number of Topliss-reactive ketones (excluding diaryl/α,β-unsaturated/α-hetero) is 1. The number of nitrogens with one attached hydrogen (secondary N) is 2. The molecule has 0 saturated heterocycles. The van der Waals surface area contributed by atoms with Crippen molar-refractivity contribution in [2.75, 3.05) is 10.6 Å². The molecule has 0 unspecified atom stereocenters. The molecule has 2 rings (SSSR count). The molecule has 114 valence electrons. The molecule has 1 amide bonds. The maximum Gasteiger partial charge on any atom is 0.246 e. The van der Waals surface area contributed by atoms with E-state index in [1.165, 1.54) is 6.92 Å². The van der Waals surface area contributed by atoms with Gasteiger partial charge in [-0.05, 0) is 62.7 Å². The average Bonchev–Trinajstić information content (AvgIpc) is 2.47. The van der Waals surface area contributed by atoms with Gasteiger partial charge in [-0.25, -0.2) is 0 Å². The van der Waals surface area contributed by atoms with Gasteiger partial charge in [0.2, 0.25) is 5.91 Å². The maximum atomic E-state index is 12.2. The van der Waals surface area contributed by atoms with Crippen molar-refractivity contribution in [1.29, 1.82) is 0 Å². The van der Waals surface area contributed by atoms with Gasteiger partial charge in [0.05, 0.1) is 0 Å². The van der Waals surface area contributed by atoms with Crippen LogP contribution in [0.1, 0.15) is 29.8 Å². The molecule has 0 aliphatic heterocycles. The van der Waals surface area contributed by atoms with E-state index in [0.29, 0.717) is 11.3 Å². The molecule has 4 nitrogen and oxygen atoms in total. The quantitative estimate of drug-likeness (QED) is 0.828. The SMILES string of the molecule is CC(=O)c1ccc(NC(=O)[C@H](C)Nc2cccc(C)c2)cc1. The van der Waals surface area contributed by atoms with E-state index in [4.69, 9.17) is 0 Å². The third kappa shape index (κ3) is 4.19. The van der Waals surface area contributed by atoms with E-state index in [-0.39, 0.29) is 17.7 Å². The van der Waals surface area contributed by atoms with Crippen LogP contribution in [0, 0.1) is 6.92 Å². The first-order valence-electron chi connectivity index (χ1n) is 7.21. The molecule has 0 heterocycles. The zero-order valence-electron chi connectivity index (χ0n) is 13.0. The molecule has 0 fully saturated rings. The average molecular weight is 296 g/mol. The fourth-order valence-electron chi connectivity index (χ4n) is 2.09. The second kappa shape index (κ2) is 6.89. The van der Waals surface area contributed by atoms with Crippen molar-refractivity contribution < 1.29 is 9.59 Å². The van der Waals surface area contributed by atoms with Gasteiger partial charge in [0, 0.05) is 16.9 Å². The van der Waals surface area contributed by atoms with E-state index in [1.807, 2.05) is 38.1 Å². The summed E-state index contributed by atoms with van der Waals surface area (Å²) >= 11 is 0. The van der Waals surface area contributed by atoms with E-state index in [1.54, 1.807) is 24.3 Å². The molecule has 0 saturated carbocycles. The van der Waals surface area contributed by atoms with Gasteiger partial charge in [-0.2, -0.15) is 0 Å². The summed E-state index contributed by atoms with van der Waals surface area (Å²) in [5.41, 5.74) is 3.35. The van der Waals surface area contributed by atoms with Crippen LogP contribution < -0.4 is 10.6 Å². The van der Waals surface area contributed by atoms with Crippen molar-refractivity contribution in [3.05, 3.63) is 59.7 Å². The Bertz CT molecular complexity index is 678. The molecule has 0 radical (unpaired) electrons. The van der Waals surface area contributed by atoms with Gasteiger partial charge in [0.25, 0.3) is 0 Å². The number of carbonyl (C=O) groups is 2. The van der Waals surface area contributed by atoms with Gasteiger partial charge < -0.3 is 10.6 Å². The number of hydrogen-bond acceptors (Lipinski definition) is 3. The Morgan fingerprint density at radius 2 is 1.68 bits per heavy atom. The lowest BCUT2D eigenvalue weighted by atomic mass is 10.1. The first kappa shape index (κ1) is 15.8. The van der Waals surface area contributed by atoms with E-state index in [0.717, 1.165) is 11.3 Å². The minimum absolute atomic E-state index is 0.00681. The van der Waals surface area contributed by atoms with Crippen molar-refractivity contribution in [1.82, 2.24) is 0 Å². The summed E-state index contributed by atoms with van der Waals surface area (Å²) in [6, 6.07) is 14.4. The van der Waals surface area contributed by atoms with Crippen molar-refractivity contribution >= 4 is 23.1 Å². The molecular formula is C18H20N2O2. The number of rotatable bonds is 5. The molecule has 22 heavy (non-hydrogen) atoms. The van der Waals surface area contributed by atoms with Crippen molar-refractivity contribution in [3.8, 4) is 0 Å². The second-order valence-corrected chi connectivity index (χ2v) is 5.36. The summed E-state index contributed by atoms with van der Waals surface area (Å²) in [7, 11) is 0. The van der Waals surface area contributed by atoms with Crippen LogP contribution in [-0.2, 0) is 4.79 Å². The van der Waals surface area contributed by atoms with Gasteiger partial charge >= 0.3 is 0 Å². The molecule has 2 aromatic rings. The van der Waals surface area contributed by atoms with Crippen LogP contribution in [0.2, 0.25) is 0 Å². The molecule has 0 bridgehead atoms. The monoisotopic (exact) mass is 296 g/mol. The van der Waals surface area contributed by atoms with Gasteiger partial charge in [0.15, 0.2) is 5.78 Å². The highest BCUT2D eigenvalue weighted by molar-refractivity contribution is 5.97. The lowest BCUT2D eigenvalue weighted by molar-refractivity contribution is -0.116. The smallest absolute Gasteiger partial charge is 0.246 e. The molecular weight excluding hydrogens is 276 g/mol. The lowest BCUT2D eigenvalue weighted by Crippen LogP contribution is -2.31. The molecule has 0 aliphatic carbocycles. The summed E-state index contributed by atoms with van der Waals surface area (Å²) in [6.45, 7) is 5.33. The predicted molar refractivity (Wildman–Crippen MR) is 89.3 cm³/mol. The Kier molecular flexibility index (Phi) is 4.94. The van der Waals surface area contributed by atoms with Crippen LogP contribution >= 0.6 is 0 Å². The molecule has 2 N–H and O–H groups in total. The third-order valence-electron chi connectivity index (χ3n) is 3.35. The highest BCUT2D eigenvalue weighted by atomic mass is 16.2. The number of hydrogen-bond donors (Lipinski definition) is 2. The van der Waals surface area contributed by atoms with Crippen LogP contribution in [0.4, 0.5) is 11.4 Å². The fraction of sp³-hybridized carbons (Fsp3) is 0.222. The van der Waals surface area contributed by atoms with Gasteiger partial charge in [-0.3, -0.25) is 9.59 Å². The predicted octanol–water partition coefficient (Wildman–Crippen LogP) is 3.64. The first-order valence-corrected chi connectivity index (χ1v) is 7.21. The largest absolute Gasteiger partial charge is 0.374 e. The minimum Gasteiger partial charge on any atom is -0.374 e. The first-order chi connectivity index (χ1) is 10.5. The molecule has 0 aliphatic rings. The summed E-state index contributed by atoms with van der Waals surface area (Å²) in [5, 5.41) is 6.00. The number of aryl methyl sites for hydroxylation is 1. The Labute approximate surface area is 130 Å². The van der Waals surface area contributed by atoms with Gasteiger partial charge in [0.1, 0.15) is 6.04 Å². The Morgan fingerprint density at radius 3 is 2.27 bits per heavy atom. The second-order valence-electron chi connectivity index (χ2n) is 5.36.